The Morgan fingerprint density at radius 3 is 2.48 bits per heavy atom. The van der Waals surface area contributed by atoms with Crippen molar-refractivity contribution in [2.75, 3.05) is 7.11 Å². The Bertz CT molecular complexity index is 1380. The molecule has 0 aliphatic carbocycles. The van der Waals surface area contributed by atoms with Crippen molar-refractivity contribution in [1.82, 2.24) is 9.55 Å². The van der Waals surface area contributed by atoms with Gasteiger partial charge in [0.15, 0.2) is 0 Å². The summed E-state index contributed by atoms with van der Waals surface area (Å²) in [6, 6.07) is 11.1. The Morgan fingerprint density at radius 2 is 1.84 bits per heavy atom. The molecule has 0 radical (unpaired) electrons. The van der Waals surface area contributed by atoms with Crippen molar-refractivity contribution in [2.24, 2.45) is 0 Å². The number of fused-ring (bicyclic) bond motifs is 1. The van der Waals surface area contributed by atoms with Crippen LogP contribution in [0.15, 0.2) is 55.8 Å². The van der Waals surface area contributed by atoms with E-state index < -0.39 is 17.2 Å². The molecule has 160 valence electrons. The lowest BCUT2D eigenvalue weighted by atomic mass is 9.86. The number of aromatic amines is 1. The normalized spacial score (nSPS) is 11.7. The largest absolute Gasteiger partial charge is 0.463 e. The molecule has 0 aliphatic heterocycles. The Hall–Kier alpha value is -3.39. The fraction of sp³-hybridized carbons (Fsp3) is 0.261. The second-order valence-corrected chi connectivity index (χ2v) is 9.14. The first kappa shape index (κ1) is 20.9. The molecular weight excluding hydrogens is 416 g/mol. The third-order valence-electron chi connectivity index (χ3n) is 5.14. The topological polar surface area (TPSA) is 94.3 Å². The average molecular weight is 439 g/mol. The number of furan rings is 1. The first-order valence-corrected chi connectivity index (χ1v) is 10.6. The van der Waals surface area contributed by atoms with E-state index in [0.29, 0.717) is 16.0 Å². The molecule has 3 heterocycles. The fourth-order valence-electron chi connectivity index (χ4n) is 3.39. The molecule has 0 fully saturated rings. The number of carbonyl (C=O) groups is 1. The van der Waals surface area contributed by atoms with Crippen LogP contribution in [0.4, 0.5) is 0 Å². The smallest absolute Gasteiger partial charge is 0.373 e. The highest BCUT2D eigenvalue weighted by Crippen LogP contribution is 2.32. The van der Waals surface area contributed by atoms with Crippen LogP contribution in [0.3, 0.4) is 0 Å². The van der Waals surface area contributed by atoms with Crippen LogP contribution in [0.5, 0.6) is 0 Å². The number of carbonyl (C=O) groups excluding carboxylic acids is 1. The highest BCUT2D eigenvalue weighted by Gasteiger charge is 2.18. The van der Waals surface area contributed by atoms with Gasteiger partial charge in [-0.15, -0.1) is 11.3 Å². The molecule has 3 aromatic heterocycles. The summed E-state index contributed by atoms with van der Waals surface area (Å²) < 4.78 is 11.1. The van der Waals surface area contributed by atoms with E-state index in [0.717, 1.165) is 15.7 Å². The summed E-state index contributed by atoms with van der Waals surface area (Å²) in [5.41, 5.74) is 1.95. The van der Waals surface area contributed by atoms with Gasteiger partial charge < -0.3 is 9.15 Å². The van der Waals surface area contributed by atoms with Crippen molar-refractivity contribution in [2.45, 2.75) is 32.7 Å². The van der Waals surface area contributed by atoms with Crippen LogP contribution in [0, 0.1) is 0 Å². The maximum atomic E-state index is 13.2. The monoisotopic (exact) mass is 438 g/mol. The second kappa shape index (κ2) is 7.70. The minimum Gasteiger partial charge on any atom is -0.463 e. The fourth-order valence-corrected chi connectivity index (χ4v) is 4.34. The maximum absolute atomic E-state index is 13.2. The maximum Gasteiger partial charge on any atom is 0.373 e. The van der Waals surface area contributed by atoms with Crippen molar-refractivity contribution < 1.29 is 13.9 Å². The number of rotatable bonds is 4. The van der Waals surface area contributed by atoms with Gasteiger partial charge in [-0.1, -0.05) is 45.0 Å². The standard InChI is InChI=1S/C23H22N2O5S/c1-23(2,3)14-7-5-13(6-8-14)16-12-31-19-18(16)20(26)25(22(28)24-19)11-15-9-10-17(30-15)21(27)29-4/h5-10,12H,11H2,1-4H3,(H,24,28). The number of hydrogen-bond donors (Lipinski definition) is 1. The number of methoxy groups -OCH3 is 1. The van der Waals surface area contributed by atoms with Gasteiger partial charge in [-0.3, -0.25) is 14.3 Å². The van der Waals surface area contributed by atoms with Crippen molar-refractivity contribution in [3.63, 3.8) is 0 Å². The predicted octanol–water partition coefficient (Wildman–Crippen LogP) is 4.14. The van der Waals surface area contributed by atoms with E-state index in [2.05, 4.69) is 42.6 Å². The Morgan fingerprint density at radius 1 is 1.13 bits per heavy atom. The molecular formula is C23H22N2O5S. The Balaban J connectivity index is 1.77. The highest BCUT2D eigenvalue weighted by atomic mass is 32.1. The van der Waals surface area contributed by atoms with Gasteiger partial charge in [-0.25, -0.2) is 9.59 Å². The molecule has 4 aromatic rings. The number of benzene rings is 1. The van der Waals surface area contributed by atoms with Crippen molar-refractivity contribution in [3.8, 4) is 11.1 Å². The molecule has 4 rings (SSSR count). The van der Waals surface area contributed by atoms with Gasteiger partial charge in [0.1, 0.15) is 10.6 Å². The summed E-state index contributed by atoms with van der Waals surface area (Å²) in [5, 5.41) is 2.33. The van der Waals surface area contributed by atoms with E-state index in [-0.39, 0.29) is 17.7 Å². The van der Waals surface area contributed by atoms with Crippen LogP contribution >= 0.6 is 11.3 Å². The Kier molecular flexibility index (Phi) is 5.18. The number of nitrogens with one attached hydrogen (secondary N) is 1. The minimum absolute atomic E-state index is 0.0122. The number of H-pyrrole nitrogens is 1. The van der Waals surface area contributed by atoms with Gasteiger partial charge in [-0.2, -0.15) is 0 Å². The molecule has 1 aromatic carbocycles. The van der Waals surface area contributed by atoms with Gasteiger partial charge in [-0.05, 0) is 28.7 Å². The van der Waals surface area contributed by atoms with E-state index in [1.165, 1.54) is 30.1 Å². The van der Waals surface area contributed by atoms with E-state index in [1.807, 2.05) is 17.5 Å². The molecule has 7 nitrogen and oxygen atoms in total. The van der Waals surface area contributed by atoms with Crippen molar-refractivity contribution >= 4 is 27.5 Å². The molecule has 0 spiro atoms. The lowest BCUT2D eigenvalue weighted by molar-refractivity contribution is 0.0563. The SMILES string of the molecule is COC(=O)c1ccc(Cn2c(=O)[nH]c3scc(-c4ccc(C(C)(C)C)cc4)c3c2=O)o1. The van der Waals surface area contributed by atoms with E-state index >= 15 is 0 Å². The number of esters is 1. The van der Waals surface area contributed by atoms with Crippen molar-refractivity contribution in [3.05, 3.63) is 79.7 Å². The number of ether oxygens (including phenoxy) is 1. The summed E-state index contributed by atoms with van der Waals surface area (Å²) in [6.07, 6.45) is 0. The minimum atomic E-state index is -0.623. The van der Waals surface area contributed by atoms with Gasteiger partial charge in [0.2, 0.25) is 5.76 Å². The zero-order valence-corrected chi connectivity index (χ0v) is 18.5. The molecule has 0 unspecified atom stereocenters. The van der Waals surface area contributed by atoms with Crippen LogP contribution in [0.2, 0.25) is 0 Å². The molecule has 0 saturated heterocycles. The third-order valence-corrected chi connectivity index (χ3v) is 6.04. The van der Waals surface area contributed by atoms with E-state index in [4.69, 9.17) is 4.42 Å². The molecule has 0 atom stereocenters. The Labute approximate surface area is 181 Å². The van der Waals surface area contributed by atoms with Crippen LogP contribution in [-0.2, 0) is 16.7 Å². The zero-order chi connectivity index (χ0) is 22.3. The third kappa shape index (κ3) is 3.86. The molecule has 0 aliphatic rings. The number of nitrogens with zero attached hydrogens (tertiary/aromatic N) is 1. The average Bonchev–Trinajstić information content (AvgIpc) is 3.37. The summed E-state index contributed by atoms with van der Waals surface area (Å²) in [7, 11) is 1.25. The predicted molar refractivity (Wildman–Crippen MR) is 120 cm³/mol. The van der Waals surface area contributed by atoms with Gasteiger partial charge >= 0.3 is 11.7 Å². The lowest BCUT2D eigenvalue weighted by Gasteiger charge is -2.19. The zero-order valence-electron chi connectivity index (χ0n) is 17.6. The molecule has 0 bridgehead atoms. The lowest BCUT2D eigenvalue weighted by Crippen LogP contribution is -2.35. The first-order chi connectivity index (χ1) is 14.7. The molecule has 0 saturated carbocycles. The first-order valence-electron chi connectivity index (χ1n) is 9.71. The van der Waals surface area contributed by atoms with Gasteiger partial charge in [0.05, 0.1) is 19.0 Å². The van der Waals surface area contributed by atoms with Gasteiger partial charge in [0, 0.05) is 10.9 Å². The summed E-state index contributed by atoms with van der Waals surface area (Å²) >= 11 is 1.32. The number of thiophene rings is 1. The number of aromatic nitrogens is 2. The number of hydrogen-bond acceptors (Lipinski definition) is 6. The summed E-state index contributed by atoms with van der Waals surface area (Å²) in [6.45, 7) is 6.34. The summed E-state index contributed by atoms with van der Waals surface area (Å²) in [5.74, 6) is -0.307. The molecule has 0 amide bonds. The van der Waals surface area contributed by atoms with Crippen LogP contribution in [-0.4, -0.2) is 22.6 Å². The van der Waals surface area contributed by atoms with E-state index in [9.17, 15) is 14.4 Å². The van der Waals surface area contributed by atoms with Crippen LogP contribution in [0.1, 0.15) is 42.6 Å². The quantitative estimate of drug-likeness (QED) is 0.483. The van der Waals surface area contributed by atoms with E-state index in [1.54, 1.807) is 6.07 Å². The second-order valence-electron chi connectivity index (χ2n) is 8.26. The molecule has 31 heavy (non-hydrogen) atoms. The summed E-state index contributed by atoms with van der Waals surface area (Å²) in [4.78, 5) is 40.7. The molecule has 1 N–H and O–H groups in total. The van der Waals surface area contributed by atoms with Crippen LogP contribution in [0.25, 0.3) is 21.3 Å². The molecule has 8 heteroatoms. The van der Waals surface area contributed by atoms with Crippen molar-refractivity contribution in [1.29, 1.82) is 0 Å². The van der Waals surface area contributed by atoms with Crippen LogP contribution < -0.4 is 11.2 Å². The van der Waals surface area contributed by atoms with Gasteiger partial charge in [0.25, 0.3) is 5.56 Å². The highest BCUT2D eigenvalue weighted by molar-refractivity contribution is 7.17.